The van der Waals surface area contributed by atoms with E-state index in [2.05, 4.69) is 10.1 Å². The second-order valence-electron chi connectivity index (χ2n) is 9.55. The minimum Gasteiger partial charge on any atom is -0.460 e. The number of carbonyl (C=O) groups is 1. The molecule has 1 aliphatic carbocycles. The number of aromatic amines is 1. The molecule has 2 aromatic carbocycles. The van der Waals surface area contributed by atoms with E-state index in [1.807, 2.05) is 30.3 Å². The third-order valence-corrected chi connectivity index (χ3v) is 9.34. The highest BCUT2D eigenvalue weighted by Gasteiger charge is 2.78. The van der Waals surface area contributed by atoms with Gasteiger partial charge in [-0.05, 0) is 36.4 Å². The summed E-state index contributed by atoms with van der Waals surface area (Å²) < 4.78 is 24.6. The minimum absolute atomic E-state index is 0.0683. The third-order valence-electron chi connectivity index (χ3n) is 6.88. The number of esters is 1. The molecule has 14 heteroatoms. The number of benzene rings is 2. The van der Waals surface area contributed by atoms with Crippen LogP contribution < -0.4 is 20.9 Å². The molecule has 5 rings (SSSR count). The molecule has 2 aliphatic rings. The Morgan fingerprint density at radius 3 is 2.48 bits per heavy atom. The number of nitrogens with zero attached hydrogens (tertiary/aromatic N) is 1. The predicted octanol–water partition coefficient (Wildman–Crippen LogP) is 1.20. The molecule has 0 amide bonds. The first kappa shape index (κ1) is 28.4. The highest BCUT2D eigenvalue weighted by atomic mass is 32.5. The van der Waals surface area contributed by atoms with Crippen molar-refractivity contribution >= 4 is 24.4 Å². The van der Waals surface area contributed by atoms with Crippen molar-refractivity contribution in [3.05, 3.63) is 99.3 Å². The molecular formula is C26H28N3O9PS. The Morgan fingerprint density at radius 2 is 1.85 bits per heavy atom. The molecule has 7 atom stereocenters. The lowest BCUT2D eigenvalue weighted by molar-refractivity contribution is -0.146. The number of nitrogens with one attached hydrogen (secondary N) is 2. The van der Waals surface area contributed by atoms with Gasteiger partial charge in [0.05, 0.1) is 12.0 Å². The molecule has 1 aliphatic heterocycles. The number of ether oxygens (including phenoxy) is 2. The molecule has 0 spiro atoms. The van der Waals surface area contributed by atoms with Gasteiger partial charge in [-0.1, -0.05) is 48.5 Å². The van der Waals surface area contributed by atoms with Crippen LogP contribution in [0.25, 0.3) is 0 Å². The summed E-state index contributed by atoms with van der Waals surface area (Å²) in [4.78, 5) is 38.6. The average Bonchev–Trinajstić information content (AvgIpc) is 3.43. The molecule has 2 unspecified atom stereocenters. The summed E-state index contributed by atoms with van der Waals surface area (Å²) in [6.07, 6.45) is -3.12. The van der Waals surface area contributed by atoms with Gasteiger partial charge in [0.15, 0.2) is 6.23 Å². The number of carbonyl (C=O) groups excluding carboxylic acids is 1. The van der Waals surface area contributed by atoms with Gasteiger partial charge >= 0.3 is 18.3 Å². The van der Waals surface area contributed by atoms with Gasteiger partial charge in [-0.3, -0.25) is 19.1 Å². The molecule has 4 N–H and O–H groups in total. The maximum Gasteiger partial charge on any atom is 0.330 e. The van der Waals surface area contributed by atoms with E-state index < -0.39 is 66.5 Å². The van der Waals surface area contributed by atoms with Crippen LogP contribution in [0.5, 0.6) is 5.75 Å². The first-order chi connectivity index (χ1) is 19.2. The van der Waals surface area contributed by atoms with Gasteiger partial charge < -0.3 is 28.7 Å². The molecule has 3 aromatic rings. The van der Waals surface area contributed by atoms with Crippen molar-refractivity contribution in [3.8, 4) is 5.75 Å². The number of fused-ring (bicyclic) bond motifs is 1. The molecule has 2 fully saturated rings. The van der Waals surface area contributed by atoms with E-state index in [4.69, 9.17) is 30.3 Å². The lowest BCUT2D eigenvalue weighted by Crippen LogP contribution is -2.41. The van der Waals surface area contributed by atoms with Gasteiger partial charge in [0, 0.05) is 12.3 Å². The topological polar surface area (TPSA) is 161 Å². The van der Waals surface area contributed by atoms with Crippen LogP contribution in [0.4, 0.5) is 0 Å². The number of aliphatic hydroxyl groups excluding tert-OH is 2. The van der Waals surface area contributed by atoms with Crippen molar-refractivity contribution in [1.82, 2.24) is 14.6 Å². The monoisotopic (exact) mass is 589 g/mol. The number of hydrogen-bond acceptors (Lipinski definition) is 10. The maximum atomic E-state index is 12.8. The first-order valence-corrected chi connectivity index (χ1v) is 15.1. The largest absolute Gasteiger partial charge is 0.460 e. The highest BCUT2D eigenvalue weighted by molar-refractivity contribution is 8.09. The van der Waals surface area contributed by atoms with Crippen LogP contribution in [-0.4, -0.2) is 56.7 Å². The smallest absolute Gasteiger partial charge is 0.330 e. The maximum absolute atomic E-state index is 12.8. The van der Waals surface area contributed by atoms with E-state index >= 15 is 0 Å². The van der Waals surface area contributed by atoms with Crippen LogP contribution in [0, 0.1) is 5.41 Å². The Kier molecular flexibility index (Phi) is 8.07. The Hall–Kier alpha value is -3.16. The fourth-order valence-corrected chi connectivity index (χ4v) is 7.43. The van der Waals surface area contributed by atoms with Crippen LogP contribution in [0.3, 0.4) is 0 Å². The van der Waals surface area contributed by atoms with E-state index in [1.54, 1.807) is 37.3 Å². The standard InChI is InChI=1S/C26H28N3O9PS/c1-16(24(33)35-14-17-8-4-2-5-9-17)28-39(40,37-18-10-6-3-7-11-18)38-22-21-26(22,15-30)20(32)23(36-21)29-13-12-19(31)27-25(29)34/h2-13,16,20-23,30,32H,14-15H2,1H3,(H,28,40)(H,27,31,34)/t16-,20+,21-,22?,23-,26-,39?/m1/s1. The van der Waals surface area contributed by atoms with Gasteiger partial charge in [-0.2, -0.15) is 0 Å². The highest BCUT2D eigenvalue weighted by Crippen LogP contribution is 2.66. The Bertz CT molecular complexity index is 1520. The van der Waals surface area contributed by atoms with Gasteiger partial charge in [0.2, 0.25) is 0 Å². The summed E-state index contributed by atoms with van der Waals surface area (Å²) in [6.45, 7) is -2.44. The number of hydrogen-bond donors (Lipinski definition) is 4. The summed E-state index contributed by atoms with van der Waals surface area (Å²) in [6, 6.07) is 18.0. The van der Waals surface area contributed by atoms with Crippen molar-refractivity contribution in [3.63, 3.8) is 0 Å². The minimum atomic E-state index is -3.52. The second kappa shape index (κ2) is 11.4. The van der Waals surface area contributed by atoms with Crippen molar-refractivity contribution < 1.29 is 33.5 Å². The van der Waals surface area contributed by atoms with E-state index in [0.717, 1.165) is 16.2 Å². The summed E-state index contributed by atoms with van der Waals surface area (Å²) >= 11 is 5.78. The first-order valence-electron chi connectivity index (χ1n) is 12.4. The molecule has 0 bridgehead atoms. The van der Waals surface area contributed by atoms with Crippen LogP contribution in [0.2, 0.25) is 0 Å². The fourth-order valence-electron chi connectivity index (χ4n) is 4.68. The molecule has 2 heterocycles. The van der Waals surface area contributed by atoms with Crippen molar-refractivity contribution in [2.24, 2.45) is 5.41 Å². The summed E-state index contributed by atoms with van der Waals surface area (Å²) in [7, 11) is 0. The van der Waals surface area contributed by atoms with Crippen LogP contribution in [0.15, 0.2) is 82.5 Å². The molecule has 1 saturated heterocycles. The van der Waals surface area contributed by atoms with Gasteiger partial charge in [0.1, 0.15) is 36.7 Å². The number of aliphatic hydroxyl groups is 2. The van der Waals surface area contributed by atoms with Crippen LogP contribution >= 0.6 is 6.64 Å². The second-order valence-corrected chi connectivity index (χ2v) is 12.6. The third kappa shape index (κ3) is 5.54. The number of para-hydroxylation sites is 1. The summed E-state index contributed by atoms with van der Waals surface area (Å²) in [5, 5.41) is 24.4. The molecule has 0 radical (unpaired) electrons. The van der Waals surface area contributed by atoms with E-state index in [0.29, 0.717) is 5.75 Å². The van der Waals surface area contributed by atoms with Crippen molar-refractivity contribution in [2.75, 3.05) is 6.61 Å². The fraction of sp³-hybridized carbons (Fsp3) is 0.346. The molecule has 212 valence electrons. The summed E-state index contributed by atoms with van der Waals surface area (Å²) in [5.74, 6) is -0.203. The average molecular weight is 590 g/mol. The van der Waals surface area contributed by atoms with Crippen molar-refractivity contribution in [1.29, 1.82) is 0 Å². The van der Waals surface area contributed by atoms with Gasteiger partial charge in [-0.25, -0.2) is 9.88 Å². The number of rotatable bonds is 11. The Labute approximate surface area is 233 Å². The van der Waals surface area contributed by atoms with E-state index in [-0.39, 0.29) is 6.61 Å². The predicted molar refractivity (Wildman–Crippen MR) is 146 cm³/mol. The zero-order chi connectivity index (χ0) is 28.5. The molecule has 1 saturated carbocycles. The zero-order valence-corrected chi connectivity index (χ0v) is 23.0. The molecule has 1 aromatic heterocycles. The van der Waals surface area contributed by atoms with Gasteiger partial charge in [-0.15, -0.1) is 0 Å². The van der Waals surface area contributed by atoms with Crippen LogP contribution in [0.1, 0.15) is 18.7 Å². The van der Waals surface area contributed by atoms with Gasteiger partial charge in [0.25, 0.3) is 5.56 Å². The number of H-pyrrole nitrogens is 1. The Balaban J connectivity index is 1.33. The van der Waals surface area contributed by atoms with E-state index in [9.17, 15) is 24.6 Å². The zero-order valence-electron chi connectivity index (χ0n) is 21.3. The lowest BCUT2D eigenvalue weighted by atomic mass is 9.99. The van der Waals surface area contributed by atoms with Crippen molar-refractivity contribution in [2.45, 2.75) is 44.1 Å². The molecular weight excluding hydrogens is 561 g/mol. The normalized spacial score (nSPS) is 27.3. The summed E-state index contributed by atoms with van der Waals surface area (Å²) in [5.41, 5.74) is -1.87. The molecule has 12 nitrogen and oxygen atoms in total. The molecule has 40 heavy (non-hydrogen) atoms. The van der Waals surface area contributed by atoms with E-state index in [1.165, 1.54) is 6.20 Å². The SMILES string of the molecule is C[C@@H](NP(=S)(Oc1ccccc1)OC1[C@H]2O[C@@H](n3ccc(=O)[nH]c3=O)[C@H](O)[C@@]12CO)C(=O)OCc1ccccc1. The quantitative estimate of drug-likeness (QED) is 0.188. The Morgan fingerprint density at radius 1 is 1.18 bits per heavy atom. The van der Waals surface area contributed by atoms with Crippen LogP contribution in [-0.2, 0) is 37.2 Å². The number of aromatic nitrogens is 2. The lowest BCUT2D eigenvalue weighted by Gasteiger charge is -2.30.